The van der Waals surface area contributed by atoms with Gasteiger partial charge in [0.2, 0.25) is 0 Å². The van der Waals surface area contributed by atoms with Crippen molar-refractivity contribution in [2.75, 3.05) is 31.4 Å². The molecule has 1 saturated heterocycles. The second kappa shape index (κ2) is 5.50. The highest BCUT2D eigenvalue weighted by molar-refractivity contribution is 6.34. The van der Waals surface area contributed by atoms with Crippen LogP contribution in [0.4, 0.5) is 11.4 Å². The van der Waals surface area contributed by atoms with Gasteiger partial charge in [-0.2, -0.15) is 0 Å². The highest BCUT2D eigenvalue weighted by atomic mass is 35.5. The zero-order chi connectivity index (χ0) is 14.9. The third kappa shape index (κ3) is 2.83. The number of methoxy groups -OCH3 is 1. The Morgan fingerprint density at radius 3 is 2.80 bits per heavy atom. The molecule has 1 heterocycles. The van der Waals surface area contributed by atoms with E-state index in [9.17, 15) is 4.79 Å². The minimum atomic E-state index is -0.447. The first-order valence-corrected chi connectivity index (χ1v) is 6.74. The van der Waals surface area contributed by atoms with Crippen molar-refractivity contribution in [2.45, 2.75) is 19.9 Å². The number of hydrogen-bond acceptors (Lipinski definition) is 5. The van der Waals surface area contributed by atoms with E-state index in [0.717, 1.165) is 0 Å². The molecule has 2 rings (SSSR count). The van der Waals surface area contributed by atoms with Gasteiger partial charge >= 0.3 is 5.97 Å². The monoisotopic (exact) mass is 298 g/mol. The van der Waals surface area contributed by atoms with Crippen molar-refractivity contribution in [3.63, 3.8) is 0 Å². The van der Waals surface area contributed by atoms with Crippen molar-refractivity contribution in [2.24, 2.45) is 5.41 Å². The average molecular weight is 299 g/mol. The summed E-state index contributed by atoms with van der Waals surface area (Å²) in [6.07, 6.45) is 0. The van der Waals surface area contributed by atoms with E-state index in [-0.39, 0.29) is 11.5 Å². The van der Waals surface area contributed by atoms with Gasteiger partial charge in [0.1, 0.15) is 0 Å². The van der Waals surface area contributed by atoms with E-state index in [0.29, 0.717) is 35.2 Å². The van der Waals surface area contributed by atoms with Crippen molar-refractivity contribution in [1.82, 2.24) is 0 Å². The van der Waals surface area contributed by atoms with Crippen molar-refractivity contribution in [1.29, 1.82) is 0 Å². The van der Waals surface area contributed by atoms with E-state index in [1.807, 2.05) is 0 Å². The van der Waals surface area contributed by atoms with Crippen LogP contribution in [-0.4, -0.2) is 32.3 Å². The van der Waals surface area contributed by atoms with Crippen LogP contribution in [0.3, 0.4) is 0 Å². The topological polar surface area (TPSA) is 73.6 Å². The molecule has 6 heteroatoms. The van der Waals surface area contributed by atoms with Crippen molar-refractivity contribution in [3.8, 4) is 0 Å². The molecule has 1 aliphatic heterocycles. The molecule has 5 nitrogen and oxygen atoms in total. The van der Waals surface area contributed by atoms with Crippen LogP contribution in [0, 0.1) is 5.41 Å². The Morgan fingerprint density at radius 1 is 1.55 bits per heavy atom. The third-order valence-corrected chi connectivity index (χ3v) is 3.89. The lowest BCUT2D eigenvalue weighted by molar-refractivity contribution is 0.0601. The first-order valence-electron chi connectivity index (χ1n) is 6.37. The lowest BCUT2D eigenvalue weighted by Gasteiger charge is -2.27. The molecular weight excluding hydrogens is 280 g/mol. The summed E-state index contributed by atoms with van der Waals surface area (Å²) in [6, 6.07) is 3.26. The number of nitrogen functional groups attached to an aromatic ring is 1. The van der Waals surface area contributed by atoms with Gasteiger partial charge in [-0.25, -0.2) is 4.79 Å². The molecule has 0 spiro atoms. The van der Waals surface area contributed by atoms with Crippen LogP contribution in [0.2, 0.25) is 5.02 Å². The van der Waals surface area contributed by atoms with Crippen molar-refractivity contribution >= 4 is 28.9 Å². The summed E-state index contributed by atoms with van der Waals surface area (Å²) in [4.78, 5) is 11.6. The quantitative estimate of drug-likeness (QED) is 0.663. The molecule has 1 fully saturated rings. The SMILES string of the molecule is COC(=O)c1cc(Cl)c(N)c(N[C@@H]2COCC2(C)C)c1. The first-order chi connectivity index (χ1) is 9.35. The minimum Gasteiger partial charge on any atom is -0.465 e. The lowest BCUT2D eigenvalue weighted by Crippen LogP contribution is -2.34. The van der Waals surface area contributed by atoms with Gasteiger partial charge in [-0.05, 0) is 12.1 Å². The Morgan fingerprint density at radius 2 is 2.25 bits per heavy atom. The van der Waals surface area contributed by atoms with Gasteiger partial charge in [0.05, 0.1) is 48.3 Å². The fourth-order valence-corrected chi connectivity index (χ4v) is 2.38. The molecular formula is C14H19ClN2O3. The van der Waals surface area contributed by atoms with Gasteiger partial charge in [0.15, 0.2) is 0 Å². The summed E-state index contributed by atoms with van der Waals surface area (Å²) in [7, 11) is 1.33. The molecule has 3 N–H and O–H groups in total. The molecule has 1 aliphatic rings. The number of hydrogen-bond donors (Lipinski definition) is 2. The normalized spacial score (nSPS) is 20.7. The number of carbonyl (C=O) groups excluding carboxylic acids is 1. The zero-order valence-electron chi connectivity index (χ0n) is 11.8. The minimum absolute atomic E-state index is 0.0137. The van der Waals surface area contributed by atoms with Crippen LogP contribution >= 0.6 is 11.6 Å². The number of ether oxygens (including phenoxy) is 2. The maximum absolute atomic E-state index is 11.6. The number of rotatable bonds is 3. The van der Waals surface area contributed by atoms with Gasteiger partial charge in [-0.15, -0.1) is 0 Å². The number of carbonyl (C=O) groups is 1. The fraction of sp³-hybridized carbons (Fsp3) is 0.500. The summed E-state index contributed by atoms with van der Waals surface area (Å²) in [5.74, 6) is -0.447. The Balaban J connectivity index is 2.31. The van der Waals surface area contributed by atoms with Crippen LogP contribution in [0.15, 0.2) is 12.1 Å². The summed E-state index contributed by atoms with van der Waals surface area (Å²) < 4.78 is 10.2. The second-order valence-corrected chi connectivity index (χ2v) is 6.02. The number of esters is 1. The predicted molar refractivity (Wildman–Crippen MR) is 79.2 cm³/mol. The van der Waals surface area contributed by atoms with E-state index in [4.69, 9.17) is 26.8 Å². The summed E-state index contributed by atoms with van der Waals surface area (Å²) in [6.45, 7) is 5.49. The zero-order valence-corrected chi connectivity index (χ0v) is 12.6. The number of nitrogens with one attached hydrogen (secondary N) is 1. The lowest BCUT2D eigenvalue weighted by atomic mass is 9.87. The van der Waals surface area contributed by atoms with Crippen LogP contribution < -0.4 is 11.1 Å². The van der Waals surface area contributed by atoms with E-state index < -0.39 is 5.97 Å². The molecule has 1 aromatic carbocycles. The van der Waals surface area contributed by atoms with Crippen LogP contribution in [0.25, 0.3) is 0 Å². The number of anilines is 2. The van der Waals surface area contributed by atoms with Gasteiger partial charge < -0.3 is 20.5 Å². The van der Waals surface area contributed by atoms with Gasteiger partial charge in [-0.3, -0.25) is 0 Å². The second-order valence-electron chi connectivity index (χ2n) is 5.61. The Hall–Kier alpha value is -1.46. The Labute approximate surface area is 123 Å². The van der Waals surface area contributed by atoms with E-state index in [2.05, 4.69) is 19.2 Å². The highest BCUT2D eigenvalue weighted by Crippen LogP contribution is 2.35. The number of nitrogens with two attached hydrogens (primary N) is 1. The summed E-state index contributed by atoms with van der Waals surface area (Å²) >= 11 is 6.07. The van der Waals surface area contributed by atoms with Crippen molar-refractivity contribution in [3.05, 3.63) is 22.7 Å². The van der Waals surface area contributed by atoms with Crippen molar-refractivity contribution < 1.29 is 14.3 Å². The standard InChI is InChI=1S/C14H19ClN2O3/c1-14(2)7-20-6-11(14)17-10-5-8(13(18)19-3)4-9(15)12(10)16/h4-5,11,17H,6-7,16H2,1-3H3/t11-/m1/s1. The molecule has 0 amide bonds. The first kappa shape index (κ1) is 14.9. The number of benzene rings is 1. The Bertz CT molecular complexity index is 531. The van der Waals surface area contributed by atoms with E-state index in [1.165, 1.54) is 13.2 Å². The van der Waals surface area contributed by atoms with E-state index in [1.54, 1.807) is 6.07 Å². The highest BCUT2D eigenvalue weighted by Gasteiger charge is 2.36. The molecule has 110 valence electrons. The average Bonchev–Trinajstić information content (AvgIpc) is 2.73. The molecule has 1 atom stereocenters. The molecule has 0 bridgehead atoms. The molecule has 0 radical (unpaired) electrons. The maximum atomic E-state index is 11.6. The summed E-state index contributed by atoms with van der Waals surface area (Å²) in [5.41, 5.74) is 7.37. The molecule has 0 unspecified atom stereocenters. The maximum Gasteiger partial charge on any atom is 0.337 e. The predicted octanol–water partition coefficient (Wildman–Crippen LogP) is 2.55. The fourth-order valence-electron chi connectivity index (χ4n) is 2.16. The molecule has 0 aliphatic carbocycles. The Kier molecular flexibility index (Phi) is 4.11. The summed E-state index contributed by atoms with van der Waals surface area (Å²) in [5, 5.41) is 3.64. The van der Waals surface area contributed by atoms with Crippen LogP contribution in [0.5, 0.6) is 0 Å². The van der Waals surface area contributed by atoms with Crippen LogP contribution in [0.1, 0.15) is 24.2 Å². The van der Waals surface area contributed by atoms with Gasteiger partial charge in [0, 0.05) is 5.41 Å². The smallest absolute Gasteiger partial charge is 0.337 e. The van der Waals surface area contributed by atoms with Crippen LogP contribution in [-0.2, 0) is 9.47 Å². The van der Waals surface area contributed by atoms with Gasteiger partial charge in [0.25, 0.3) is 0 Å². The van der Waals surface area contributed by atoms with E-state index >= 15 is 0 Å². The molecule has 0 aromatic heterocycles. The molecule has 0 saturated carbocycles. The largest absolute Gasteiger partial charge is 0.465 e. The number of halogens is 1. The third-order valence-electron chi connectivity index (χ3n) is 3.58. The molecule has 20 heavy (non-hydrogen) atoms. The van der Waals surface area contributed by atoms with Gasteiger partial charge in [-0.1, -0.05) is 25.4 Å². The molecule has 1 aromatic rings.